The Morgan fingerprint density at radius 2 is 1.70 bits per heavy atom. The van der Waals surface area contributed by atoms with Gasteiger partial charge in [0.2, 0.25) is 0 Å². The lowest BCUT2D eigenvalue weighted by atomic mass is 10.1. The van der Waals surface area contributed by atoms with E-state index in [0.29, 0.717) is 9.92 Å². The maximum absolute atomic E-state index is 14.0. The number of aromatic nitrogens is 3. The van der Waals surface area contributed by atoms with Crippen LogP contribution in [-0.2, 0) is 13.1 Å². The van der Waals surface area contributed by atoms with Crippen molar-refractivity contribution in [1.82, 2.24) is 30.3 Å². The van der Waals surface area contributed by atoms with Crippen molar-refractivity contribution in [3.63, 3.8) is 0 Å². The van der Waals surface area contributed by atoms with E-state index in [1.165, 1.54) is 59.5 Å². The molecule has 0 unspecified atom stereocenters. The molecule has 0 spiro atoms. The van der Waals surface area contributed by atoms with Crippen LogP contribution in [0, 0.1) is 17.0 Å². The molecular weight excluding hydrogens is 613 g/mol. The first-order valence-electron chi connectivity index (χ1n) is 12.7. The summed E-state index contributed by atoms with van der Waals surface area (Å²) in [5.74, 6) is -3.40. The van der Waals surface area contributed by atoms with Gasteiger partial charge in [-0.3, -0.25) is 15.1 Å². The number of amidine groups is 1. The summed E-state index contributed by atoms with van der Waals surface area (Å²) >= 11 is 5.83. The first kappa shape index (κ1) is 32.0. The molecule has 4 N–H and O–H groups in total. The second-order valence-corrected chi connectivity index (χ2v) is 9.64. The smallest absolute Gasteiger partial charge is 0.382 e. The number of aliphatic hydroxyl groups is 1. The number of amides is 3. The van der Waals surface area contributed by atoms with Gasteiger partial charge in [-0.2, -0.15) is 13.2 Å². The van der Waals surface area contributed by atoms with E-state index in [1.54, 1.807) is 12.1 Å². The van der Waals surface area contributed by atoms with Crippen LogP contribution in [-0.4, -0.2) is 61.4 Å². The minimum absolute atomic E-state index is 0.00950. The predicted molar refractivity (Wildman–Crippen MR) is 148 cm³/mol. The van der Waals surface area contributed by atoms with Crippen LogP contribution in [0.15, 0.2) is 73.1 Å². The largest absolute Gasteiger partial charge is 0.416 e. The molecular formula is C28H23ClF5N7O3. The summed E-state index contributed by atoms with van der Waals surface area (Å²) in [4.78, 5) is 30.3. The molecule has 4 aromatic rings. The van der Waals surface area contributed by atoms with Crippen LogP contribution in [0.4, 0.5) is 26.7 Å². The highest BCUT2D eigenvalue weighted by Gasteiger charge is 2.41. The van der Waals surface area contributed by atoms with Crippen molar-refractivity contribution in [2.24, 2.45) is 0 Å². The van der Waals surface area contributed by atoms with Crippen LogP contribution < -0.4 is 10.6 Å². The van der Waals surface area contributed by atoms with Crippen LogP contribution in [0.2, 0.25) is 5.02 Å². The van der Waals surface area contributed by atoms with Crippen LogP contribution in [0.5, 0.6) is 0 Å². The Hall–Kier alpha value is -4.89. The van der Waals surface area contributed by atoms with Crippen molar-refractivity contribution in [3.05, 3.63) is 112 Å². The minimum atomic E-state index is -5.05. The fraction of sp³-hybridized carbons (Fsp3) is 0.179. The number of aliphatic hydroxyl groups excluding tert-OH is 1. The SMILES string of the molecule is N=C(c1ccc(Cl)cc1)N(C[C@H](O)C(F)(F)F)C(=O)NCc1ncn(-c2ccccc2C(=O)NCc2cccc(F)c2F)n1. The Labute approximate surface area is 251 Å². The predicted octanol–water partition coefficient (Wildman–Crippen LogP) is 4.59. The second kappa shape index (κ2) is 13.6. The number of carbonyl (C=O) groups is 2. The lowest BCUT2D eigenvalue weighted by Crippen LogP contribution is -2.50. The molecule has 0 aliphatic carbocycles. The Morgan fingerprint density at radius 3 is 2.41 bits per heavy atom. The number of rotatable bonds is 9. The second-order valence-electron chi connectivity index (χ2n) is 9.20. The number of nitrogens with one attached hydrogen (secondary N) is 3. The van der Waals surface area contributed by atoms with E-state index in [-0.39, 0.29) is 34.7 Å². The third-order valence-electron chi connectivity index (χ3n) is 6.17. The molecule has 0 aliphatic rings. The zero-order valence-corrected chi connectivity index (χ0v) is 23.2. The van der Waals surface area contributed by atoms with Crippen LogP contribution in [0.3, 0.4) is 0 Å². The molecule has 0 aliphatic heterocycles. The molecule has 230 valence electrons. The van der Waals surface area contributed by atoms with Gasteiger partial charge in [-0.25, -0.2) is 23.2 Å². The van der Waals surface area contributed by atoms with Gasteiger partial charge in [0.15, 0.2) is 23.6 Å². The topological polar surface area (TPSA) is 136 Å². The lowest BCUT2D eigenvalue weighted by Gasteiger charge is -2.26. The van der Waals surface area contributed by atoms with E-state index in [9.17, 15) is 36.6 Å². The Bertz CT molecular complexity index is 1660. The van der Waals surface area contributed by atoms with Gasteiger partial charge in [-0.15, -0.1) is 5.10 Å². The van der Waals surface area contributed by atoms with Gasteiger partial charge in [-0.05, 0) is 42.5 Å². The average Bonchev–Trinajstić information content (AvgIpc) is 3.47. The van der Waals surface area contributed by atoms with Crippen LogP contribution in [0.25, 0.3) is 5.69 Å². The molecule has 4 rings (SSSR count). The van der Waals surface area contributed by atoms with Gasteiger partial charge < -0.3 is 15.7 Å². The normalized spacial score (nSPS) is 12.0. The molecule has 0 fully saturated rings. The van der Waals surface area contributed by atoms with E-state index >= 15 is 0 Å². The Kier molecular flexibility index (Phi) is 9.90. The molecule has 0 radical (unpaired) electrons. The molecule has 1 atom stereocenters. The zero-order valence-electron chi connectivity index (χ0n) is 22.4. The van der Waals surface area contributed by atoms with E-state index in [1.807, 2.05) is 0 Å². The quantitative estimate of drug-likeness (QED) is 0.121. The van der Waals surface area contributed by atoms with E-state index in [2.05, 4.69) is 20.7 Å². The number of hydrogen-bond donors (Lipinski definition) is 4. The lowest BCUT2D eigenvalue weighted by molar-refractivity contribution is -0.204. The van der Waals surface area contributed by atoms with E-state index in [0.717, 1.165) is 6.07 Å². The van der Waals surface area contributed by atoms with Gasteiger partial charge in [-0.1, -0.05) is 35.9 Å². The summed E-state index contributed by atoms with van der Waals surface area (Å²) in [6.45, 7) is -1.96. The summed E-state index contributed by atoms with van der Waals surface area (Å²) in [6.07, 6.45) is -6.76. The average molecular weight is 636 g/mol. The molecule has 10 nitrogen and oxygen atoms in total. The number of para-hydroxylation sites is 1. The van der Waals surface area contributed by atoms with E-state index < -0.39 is 54.8 Å². The molecule has 44 heavy (non-hydrogen) atoms. The summed E-state index contributed by atoms with van der Waals surface area (Å²) in [5, 5.41) is 27.2. The van der Waals surface area contributed by atoms with Gasteiger partial charge >= 0.3 is 12.2 Å². The third-order valence-corrected chi connectivity index (χ3v) is 6.42. The van der Waals surface area contributed by atoms with E-state index in [4.69, 9.17) is 17.0 Å². The molecule has 16 heteroatoms. The number of nitrogens with zero attached hydrogens (tertiary/aromatic N) is 4. The summed E-state index contributed by atoms with van der Waals surface area (Å²) < 4.78 is 67.9. The van der Waals surface area contributed by atoms with Gasteiger partial charge in [0.05, 0.1) is 24.3 Å². The molecule has 3 amide bonds. The standard InChI is InChI=1S/C28H23ClF5N7O3/c29-18-10-8-16(9-11-18)25(35)40(14-22(42)28(32,33)34)27(44)37-13-23-38-15-41(39-23)21-7-2-1-5-19(21)26(43)36-12-17-4-3-6-20(30)24(17)31/h1-11,15,22,35,42H,12-14H2,(H,36,43)(H,37,44)/t22-/m0/s1. The number of hydrogen-bond acceptors (Lipinski definition) is 6. The van der Waals surface area contributed by atoms with Gasteiger partial charge in [0.25, 0.3) is 5.91 Å². The number of halogens is 6. The summed E-state index contributed by atoms with van der Waals surface area (Å²) in [7, 11) is 0. The van der Waals surface area contributed by atoms with Crippen LogP contribution in [0.1, 0.15) is 27.3 Å². The Balaban J connectivity index is 1.47. The van der Waals surface area contributed by atoms with Crippen molar-refractivity contribution in [2.75, 3.05) is 6.54 Å². The maximum Gasteiger partial charge on any atom is 0.416 e. The van der Waals surface area contributed by atoms with Crippen LogP contribution >= 0.6 is 11.6 Å². The fourth-order valence-electron chi connectivity index (χ4n) is 3.88. The van der Waals surface area contributed by atoms with Crippen molar-refractivity contribution in [1.29, 1.82) is 5.41 Å². The fourth-order valence-corrected chi connectivity index (χ4v) is 4.01. The first-order chi connectivity index (χ1) is 20.8. The molecule has 1 aromatic heterocycles. The maximum atomic E-state index is 14.0. The highest BCUT2D eigenvalue weighted by Crippen LogP contribution is 2.22. The van der Waals surface area contributed by atoms with Crippen molar-refractivity contribution in [2.45, 2.75) is 25.4 Å². The molecule has 1 heterocycles. The summed E-state index contributed by atoms with van der Waals surface area (Å²) in [5.41, 5.74) is 0.356. The summed E-state index contributed by atoms with van der Waals surface area (Å²) in [6, 6.07) is 14.0. The highest BCUT2D eigenvalue weighted by molar-refractivity contribution is 6.30. The third kappa shape index (κ3) is 7.73. The zero-order chi connectivity index (χ0) is 32.0. The minimum Gasteiger partial charge on any atom is -0.382 e. The number of urea groups is 1. The number of carbonyl (C=O) groups excluding carboxylic acids is 2. The number of benzene rings is 3. The molecule has 0 saturated carbocycles. The molecule has 0 saturated heterocycles. The first-order valence-corrected chi connectivity index (χ1v) is 13.1. The monoisotopic (exact) mass is 635 g/mol. The molecule has 3 aromatic carbocycles. The van der Waals surface area contributed by atoms with Gasteiger partial charge in [0.1, 0.15) is 12.2 Å². The molecule has 0 bridgehead atoms. The van der Waals surface area contributed by atoms with Crippen molar-refractivity contribution >= 4 is 29.4 Å². The highest BCUT2D eigenvalue weighted by atomic mass is 35.5. The van der Waals surface area contributed by atoms with Crippen molar-refractivity contribution < 1.29 is 36.6 Å². The van der Waals surface area contributed by atoms with Gasteiger partial charge in [0, 0.05) is 22.7 Å². The number of alkyl halides is 3. The Morgan fingerprint density at radius 1 is 1.00 bits per heavy atom. The van der Waals surface area contributed by atoms with Crippen molar-refractivity contribution in [3.8, 4) is 5.69 Å².